The number of primary amides is 1. The predicted octanol–water partition coefficient (Wildman–Crippen LogP) is 2.84. The molecule has 3 rings (SSSR count). The Kier molecular flexibility index (Phi) is 3.16. The Balaban J connectivity index is 2.06. The van der Waals surface area contributed by atoms with Crippen LogP contribution in [0.25, 0.3) is 11.0 Å². The van der Waals surface area contributed by atoms with E-state index < -0.39 is 5.91 Å². The second-order valence-electron chi connectivity index (χ2n) is 4.52. The predicted molar refractivity (Wildman–Crippen MR) is 78.8 cm³/mol. The number of halogens is 1. The van der Waals surface area contributed by atoms with Crippen LogP contribution in [0.5, 0.6) is 0 Å². The zero-order valence-corrected chi connectivity index (χ0v) is 11.3. The molecule has 2 N–H and O–H groups in total. The number of aromatic nitrogens is 2. The van der Waals surface area contributed by atoms with Crippen molar-refractivity contribution in [2.24, 2.45) is 5.73 Å². The summed E-state index contributed by atoms with van der Waals surface area (Å²) in [6.45, 7) is 0.698. The van der Waals surface area contributed by atoms with E-state index in [2.05, 4.69) is 4.98 Å². The molecule has 100 valence electrons. The first-order chi connectivity index (χ1) is 9.66. The third-order valence-electron chi connectivity index (χ3n) is 3.18. The van der Waals surface area contributed by atoms with Crippen LogP contribution in [0, 0.1) is 0 Å². The smallest absolute Gasteiger partial charge is 0.251 e. The van der Waals surface area contributed by atoms with Crippen molar-refractivity contribution in [3.05, 3.63) is 64.9 Å². The molecule has 0 atom stereocenters. The normalized spacial score (nSPS) is 10.8. The van der Waals surface area contributed by atoms with E-state index in [4.69, 9.17) is 17.3 Å². The Labute approximate surface area is 120 Å². The van der Waals surface area contributed by atoms with E-state index in [9.17, 15) is 4.79 Å². The van der Waals surface area contributed by atoms with E-state index >= 15 is 0 Å². The summed E-state index contributed by atoms with van der Waals surface area (Å²) in [4.78, 5) is 15.6. The van der Waals surface area contributed by atoms with E-state index in [0.717, 1.165) is 11.0 Å². The Morgan fingerprint density at radius 1 is 1.25 bits per heavy atom. The summed E-state index contributed by atoms with van der Waals surface area (Å²) in [7, 11) is 0. The van der Waals surface area contributed by atoms with Crippen LogP contribution in [0.2, 0.25) is 5.02 Å². The molecule has 1 amide bonds. The number of hydrogen-bond donors (Lipinski definition) is 1. The molecule has 3 aromatic rings. The summed E-state index contributed by atoms with van der Waals surface area (Å²) in [5.74, 6) is -0.569. The molecule has 1 aromatic carbocycles. The summed E-state index contributed by atoms with van der Waals surface area (Å²) >= 11 is 6.20. The minimum absolute atomic E-state index is 0.247. The summed E-state index contributed by atoms with van der Waals surface area (Å²) < 4.78 is 1.99. The van der Waals surface area contributed by atoms with Gasteiger partial charge in [0.2, 0.25) is 0 Å². The number of benzene rings is 1. The average molecular weight is 286 g/mol. The van der Waals surface area contributed by atoms with Gasteiger partial charge in [0.05, 0.1) is 10.6 Å². The van der Waals surface area contributed by atoms with Crippen molar-refractivity contribution in [3.63, 3.8) is 0 Å². The molecule has 2 aromatic heterocycles. The maximum atomic E-state index is 11.3. The molecule has 0 saturated heterocycles. The third-order valence-corrected chi connectivity index (χ3v) is 3.59. The molecule has 0 aliphatic carbocycles. The lowest BCUT2D eigenvalue weighted by molar-refractivity contribution is 0.100. The number of pyridine rings is 1. The standard InChI is InChI=1S/C15H12ClN3O/c16-13-11-6-7-19(9-10-4-2-1-3-5-10)15(11)18-8-12(13)14(17)20/h1-8H,9H2,(H2,17,20). The number of nitrogens with two attached hydrogens (primary N) is 1. The lowest BCUT2D eigenvalue weighted by Crippen LogP contribution is -2.12. The Morgan fingerprint density at radius 3 is 2.70 bits per heavy atom. The molecule has 4 nitrogen and oxygen atoms in total. The van der Waals surface area contributed by atoms with Gasteiger partial charge in [0.1, 0.15) is 5.65 Å². The van der Waals surface area contributed by atoms with Crippen molar-refractivity contribution in [3.8, 4) is 0 Å². The molecule has 0 saturated carbocycles. The molecular formula is C15H12ClN3O. The molecule has 0 aliphatic rings. The minimum atomic E-state index is -0.569. The van der Waals surface area contributed by atoms with E-state index in [1.165, 1.54) is 11.8 Å². The van der Waals surface area contributed by atoms with Crippen LogP contribution in [0.4, 0.5) is 0 Å². The van der Waals surface area contributed by atoms with Gasteiger partial charge >= 0.3 is 0 Å². The Bertz CT molecular complexity index is 780. The van der Waals surface area contributed by atoms with Crippen molar-refractivity contribution in [2.75, 3.05) is 0 Å². The van der Waals surface area contributed by atoms with Crippen molar-refractivity contribution < 1.29 is 4.79 Å². The molecule has 0 spiro atoms. The SMILES string of the molecule is NC(=O)c1cnc2c(ccn2Cc2ccccc2)c1Cl. The maximum Gasteiger partial charge on any atom is 0.251 e. The van der Waals surface area contributed by atoms with Crippen molar-refractivity contribution in [1.29, 1.82) is 0 Å². The number of nitrogens with zero attached hydrogens (tertiary/aromatic N) is 2. The second kappa shape index (κ2) is 4.98. The molecule has 0 bridgehead atoms. The van der Waals surface area contributed by atoms with Gasteiger partial charge in [-0.1, -0.05) is 41.9 Å². The highest BCUT2D eigenvalue weighted by Gasteiger charge is 2.13. The molecule has 0 radical (unpaired) electrons. The molecular weight excluding hydrogens is 274 g/mol. The number of carbonyl (C=O) groups is 1. The minimum Gasteiger partial charge on any atom is -0.366 e. The van der Waals surface area contributed by atoms with E-state index in [1.807, 2.05) is 47.2 Å². The molecule has 0 fully saturated rings. The van der Waals surface area contributed by atoms with Gasteiger partial charge < -0.3 is 10.3 Å². The Hall–Kier alpha value is -2.33. The van der Waals surface area contributed by atoms with Crippen molar-refractivity contribution >= 4 is 28.5 Å². The number of amides is 1. The molecule has 0 unspecified atom stereocenters. The van der Waals surface area contributed by atoms with Crippen LogP contribution in [-0.2, 0) is 6.54 Å². The summed E-state index contributed by atoms with van der Waals surface area (Å²) in [5.41, 5.74) is 7.42. The lowest BCUT2D eigenvalue weighted by atomic mass is 10.2. The summed E-state index contributed by atoms with van der Waals surface area (Å²) in [6.07, 6.45) is 3.33. The zero-order valence-electron chi connectivity index (χ0n) is 10.6. The molecule has 20 heavy (non-hydrogen) atoms. The van der Waals surface area contributed by atoms with Crippen LogP contribution >= 0.6 is 11.6 Å². The third kappa shape index (κ3) is 2.14. The summed E-state index contributed by atoms with van der Waals surface area (Å²) in [5, 5.41) is 1.09. The van der Waals surface area contributed by atoms with Gasteiger partial charge in [-0.3, -0.25) is 4.79 Å². The number of fused-ring (bicyclic) bond motifs is 1. The Morgan fingerprint density at radius 2 is 2.00 bits per heavy atom. The highest BCUT2D eigenvalue weighted by Crippen LogP contribution is 2.26. The average Bonchev–Trinajstić information content (AvgIpc) is 2.84. The molecule has 5 heteroatoms. The van der Waals surface area contributed by atoms with E-state index in [0.29, 0.717) is 11.6 Å². The fourth-order valence-electron chi connectivity index (χ4n) is 2.19. The molecule has 2 heterocycles. The van der Waals surface area contributed by atoms with E-state index in [-0.39, 0.29) is 5.56 Å². The van der Waals surface area contributed by atoms with Crippen LogP contribution in [0.1, 0.15) is 15.9 Å². The largest absolute Gasteiger partial charge is 0.366 e. The highest BCUT2D eigenvalue weighted by molar-refractivity contribution is 6.38. The van der Waals surface area contributed by atoms with Crippen LogP contribution in [0.3, 0.4) is 0 Å². The van der Waals surface area contributed by atoms with Crippen LogP contribution < -0.4 is 5.73 Å². The monoisotopic (exact) mass is 285 g/mol. The van der Waals surface area contributed by atoms with Gasteiger partial charge in [0, 0.05) is 24.3 Å². The maximum absolute atomic E-state index is 11.3. The first-order valence-electron chi connectivity index (χ1n) is 6.14. The highest BCUT2D eigenvalue weighted by atomic mass is 35.5. The quantitative estimate of drug-likeness (QED) is 0.804. The van der Waals surface area contributed by atoms with Gasteiger partial charge in [-0.15, -0.1) is 0 Å². The zero-order chi connectivity index (χ0) is 14.1. The number of carbonyl (C=O) groups excluding carboxylic acids is 1. The van der Waals surface area contributed by atoms with Crippen molar-refractivity contribution in [1.82, 2.24) is 9.55 Å². The summed E-state index contributed by atoms with van der Waals surface area (Å²) in [6, 6.07) is 11.9. The number of rotatable bonds is 3. The van der Waals surface area contributed by atoms with Gasteiger partial charge in [-0.25, -0.2) is 4.98 Å². The second-order valence-corrected chi connectivity index (χ2v) is 4.89. The first kappa shape index (κ1) is 12.7. The fraction of sp³-hybridized carbons (Fsp3) is 0.0667. The lowest BCUT2D eigenvalue weighted by Gasteiger charge is -2.06. The topological polar surface area (TPSA) is 60.9 Å². The fourth-order valence-corrected chi connectivity index (χ4v) is 2.48. The van der Waals surface area contributed by atoms with E-state index in [1.54, 1.807) is 0 Å². The first-order valence-corrected chi connectivity index (χ1v) is 6.51. The van der Waals surface area contributed by atoms with Crippen LogP contribution in [0.15, 0.2) is 48.8 Å². The van der Waals surface area contributed by atoms with Crippen molar-refractivity contribution in [2.45, 2.75) is 6.54 Å². The van der Waals surface area contributed by atoms with Gasteiger partial charge in [0.25, 0.3) is 5.91 Å². The van der Waals surface area contributed by atoms with Crippen LogP contribution in [-0.4, -0.2) is 15.5 Å². The number of hydrogen-bond acceptors (Lipinski definition) is 2. The molecule has 0 aliphatic heterocycles. The van der Waals surface area contributed by atoms with Gasteiger partial charge in [0.15, 0.2) is 0 Å². The van der Waals surface area contributed by atoms with Gasteiger partial charge in [-0.2, -0.15) is 0 Å². The van der Waals surface area contributed by atoms with Gasteiger partial charge in [-0.05, 0) is 11.6 Å².